The number of carbonyl (C=O) groups is 5. The molecule has 2 atom stereocenters. The monoisotopic (exact) mass is 584 g/mol. The predicted molar refractivity (Wildman–Crippen MR) is 157 cm³/mol. The van der Waals surface area contributed by atoms with Gasteiger partial charge in [-0.25, -0.2) is 0 Å². The number of fused-ring (bicyclic) bond motifs is 1. The van der Waals surface area contributed by atoms with E-state index in [-0.39, 0.29) is 41.8 Å². The van der Waals surface area contributed by atoms with E-state index in [0.717, 1.165) is 23.2 Å². The minimum atomic E-state index is -0.458. The number of ether oxygens (including phenoxy) is 1. The van der Waals surface area contributed by atoms with Gasteiger partial charge in [0.1, 0.15) is 5.69 Å². The second-order valence-electron chi connectivity index (χ2n) is 11.4. The molecule has 3 aliphatic rings. The molecule has 2 unspecified atom stereocenters. The summed E-state index contributed by atoms with van der Waals surface area (Å²) in [5.74, 6) is -1.27. The Balaban J connectivity index is 1.19. The number of hydrogen-bond donors (Lipinski definition) is 3. The van der Waals surface area contributed by atoms with E-state index in [1.54, 1.807) is 64.8 Å². The van der Waals surface area contributed by atoms with Crippen molar-refractivity contribution in [3.8, 4) is 0 Å². The maximum Gasteiger partial charge on any atom is 0.310 e. The first kappa shape index (κ1) is 28.0. The highest BCUT2D eigenvalue weighted by atomic mass is 16.5. The van der Waals surface area contributed by atoms with Crippen LogP contribution in [0, 0.1) is 12.8 Å². The Morgan fingerprint density at radius 2 is 1.84 bits per heavy atom. The average Bonchev–Trinajstić information content (AvgIpc) is 3.22. The summed E-state index contributed by atoms with van der Waals surface area (Å²) in [4.78, 5) is 67.8. The molecule has 3 N–H and O–H groups in total. The molecular weight excluding hydrogens is 552 g/mol. The largest absolute Gasteiger partial charge is 0.469 e. The van der Waals surface area contributed by atoms with Gasteiger partial charge in [0.25, 0.3) is 11.8 Å². The number of esters is 1. The lowest BCUT2D eigenvalue weighted by Gasteiger charge is -2.28. The van der Waals surface area contributed by atoms with Gasteiger partial charge in [-0.15, -0.1) is 0 Å². The maximum absolute atomic E-state index is 13.5. The van der Waals surface area contributed by atoms with Crippen LogP contribution in [-0.2, 0) is 45.1 Å². The first-order valence-electron chi connectivity index (χ1n) is 13.9. The topological polar surface area (TPSA) is 148 Å². The number of nitrogens with one attached hydrogen (secondary N) is 3. The van der Waals surface area contributed by atoms with Crippen molar-refractivity contribution in [3.63, 3.8) is 0 Å². The number of H-pyrrole nitrogens is 1. The Kier molecular flexibility index (Phi) is 6.52. The third kappa shape index (κ3) is 4.59. The van der Waals surface area contributed by atoms with Gasteiger partial charge in [0.15, 0.2) is 0 Å². The fourth-order valence-electron chi connectivity index (χ4n) is 6.57. The predicted octanol–water partition coefficient (Wildman–Crippen LogP) is 2.82. The van der Waals surface area contributed by atoms with E-state index in [2.05, 4.69) is 15.6 Å². The number of aromatic nitrogens is 3. The molecule has 0 bridgehead atoms. The number of piperidine rings is 1. The summed E-state index contributed by atoms with van der Waals surface area (Å²) < 4.78 is 8.30. The molecule has 12 nitrogen and oxygen atoms in total. The summed E-state index contributed by atoms with van der Waals surface area (Å²) in [5.41, 5.74) is 5.18. The number of anilines is 2. The lowest BCUT2D eigenvalue weighted by molar-refractivity contribution is -0.139. The average molecular weight is 585 g/mol. The molecule has 1 saturated heterocycles. The molecule has 4 heterocycles. The van der Waals surface area contributed by atoms with E-state index < -0.39 is 5.41 Å². The van der Waals surface area contributed by atoms with Crippen molar-refractivity contribution in [3.05, 3.63) is 76.3 Å². The summed E-state index contributed by atoms with van der Waals surface area (Å²) in [6, 6.07) is 3.34. The Morgan fingerprint density at radius 3 is 2.56 bits per heavy atom. The number of amides is 3. The number of carbonyl (C=O) groups excluding carboxylic acids is 5. The van der Waals surface area contributed by atoms with Crippen LogP contribution in [0.2, 0.25) is 0 Å². The zero-order valence-corrected chi connectivity index (χ0v) is 24.5. The number of hydrogen-bond acceptors (Lipinski definition) is 6. The molecule has 6 rings (SSSR count). The number of likely N-dealkylation sites (tertiary alicyclic amines) is 1. The summed E-state index contributed by atoms with van der Waals surface area (Å²) >= 11 is 0. The summed E-state index contributed by atoms with van der Waals surface area (Å²) in [5, 5.41) is 5.51. The van der Waals surface area contributed by atoms with Crippen molar-refractivity contribution in [1.82, 2.24) is 19.0 Å². The highest BCUT2D eigenvalue weighted by molar-refractivity contribution is 6.09. The molecule has 43 heavy (non-hydrogen) atoms. The normalized spacial score (nSPS) is 19.9. The fraction of sp³-hybridized carbons (Fsp3) is 0.323. The van der Waals surface area contributed by atoms with Gasteiger partial charge in [-0.1, -0.05) is 0 Å². The SMILES string of the molecule is COC(=O)Cc1c(C)[nH]c2c1C13CC1CN(C(=O)/C=C/c1cc(NC(=O)c4cc(NC(C)=O)cn4C)cn1C)C3=CC2=O. The number of rotatable bonds is 7. The second-order valence-corrected chi connectivity index (χ2v) is 11.4. The molecule has 3 amide bonds. The quantitative estimate of drug-likeness (QED) is 0.287. The first-order chi connectivity index (χ1) is 20.4. The van der Waals surface area contributed by atoms with Gasteiger partial charge < -0.3 is 34.4 Å². The van der Waals surface area contributed by atoms with Gasteiger partial charge >= 0.3 is 5.97 Å². The highest BCUT2D eigenvalue weighted by Crippen LogP contribution is 2.67. The Hall–Kier alpha value is -5.13. The van der Waals surface area contributed by atoms with E-state index in [9.17, 15) is 24.0 Å². The van der Waals surface area contributed by atoms with Crippen LogP contribution in [0.1, 0.15) is 56.8 Å². The van der Waals surface area contributed by atoms with Crippen LogP contribution in [0.3, 0.4) is 0 Å². The van der Waals surface area contributed by atoms with Crippen molar-refractivity contribution in [2.45, 2.75) is 32.1 Å². The number of ketones is 1. The van der Waals surface area contributed by atoms with E-state index >= 15 is 0 Å². The molecule has 12 heteroatoms. The van der Waals surface area contributed by atoms with Gasteiger partial charge in [-0.3, -0.25) is 24.0 Å². The lowest BCUT2D eigenvalue weighted by Crippen LogP contribution is -2.33. The van der Waals surface area contributed by atoms with Crippen molar-refractivity contribution >= 4 is 46.9 Å². The molecule has 222 valence electrons. The summed E-state index contributed by atoms with van der Waals surface area (Å²) in [7, 11) is 4.86. The lowest BCUT2D eigenvalue weighted by atomic mass is 9.82. The number of allylic oxidation sites excluding steroid dienone is 2. The number of aromatic amines is 1. The van der Waals surface area contributed by atoms with Crippen molar-refractivity contribution in [1.29, 1.82) is 0 Å². The third-order valence-corrected chi connectivity index (χ3v) is 8.60. The molecular formula is C31H32N6O6. The highest BCUT2D eigenvalue weighted by Gasteiger charge is 2.68. The zero-order chi connectivity index (χ0) is 30.8. The molecule has 3 aromatic rings. The Labute approximate surface area is 247 Å². The van der Waals surface area contributed by atoms with Crippen LogP contribution in [0.25, 0.3) is 6.08 Å². The maximum atomic E-state index is 13.5. The molecule has 1 saturated carbocycles. The van der Waals surface area contributed by atoms with Crippen LogP contribution in [-0.4, -0.2) is 62.1 Å². The first-order valence-corrected chi connectivity index (χ1v) is 13.9. The summed E-state index contributed by atoms with van der Waals surface area (Å²) in [6.45, 7) is 3.72. The third-order valence-electron chi connectivity index (χ3n) is 8.60. The van der Waals surface area contributed by atoms with Gasteiger partial charge in [0, 0.05) is 74.6 Å². The van der Waals surface area contributed by atoms with E-state index in [4.69, 9.17) is 4.74 Å². The molecule has 2 fully saturated rings. The van der Waals surface area contributed by atoms with Crippen LogP contribution in [0.15, 0.2) is 42.4 Å². The molecule has 0 radical (unpaired) electrons. The minimum absolute atomic E-state index is 0.0595. The Bertz CT molecular complexity index is 1800. The van der Waals surface area contributed by atoms with E-state index in [0.29, 0.717) is 40.7 Å². The van der Waals surface area contributed by atoms with E-state index in [1.807, 2.05) is 6.92 Å². The standard InChI is InChI=1S/C31H32N6O6/c1-16-22(10-27(41)43-5)28-29(32-16)24(39)11-25-31(28)12-18(31)13-37(25)26(40)7-6-21-8-19(14-35(21)3)34-30(42)23-9-20(15-36(23)4)33-17(2)38/h6-9,11,14-15,18,32H,10,12-13H2,1-5H3,(H,33,38)(H,34,42)/b7-6+. The van der Waals surface area contributed by atoms with Crippen molar-refractivity contribution in [2.24, 2.45) is 20.0 Å². The van der Waals surface area contributed by atoms with Gasteiger partial charge in [-0.2, -0.15) is 0 Å². The smallest absolute Gasteiger partial charge is 0.310 e. The Morgan fingerprint density at radius 1 is 1.12 bits per heavy atom. The van der Waals surface area contributed by atoms with Crippen LogP contribution in [0.4, 0.5) is 11.4 Å². The molecule has 1 aliphatic heterocycles. The molecule has 0 aromatic carbocycles. The summed E-state index contributed by atoms with van der Waals surface area (Å²) in [6.07, 6.45) is 8.95. The van der Waals surface area contributed by atoms with Crippen molar-refractivity contribution < 1.29 is 28.7 Å². The number of methoxy groups -OCH3 is 1. The van der Waals surface area contributed by atoms with Gasteiger partial charge in [-0.05, 0) is 48.6 Å². The molecule has 2 aliphatic carbocycles. The molecule has 1 spiro atoms. The van der Waals surface area contributed by atoms with E-state index in [1.165, 1.54) is 20.1 Å². The second kappa shape index (κ2) is 10.0. The van der Waals surface area contributed by atoms with Crippen LogP contribution in [0.5, 0.6) is 0 Å². The minimum Gasteiger partial charge on any atom is -0.469 e. The fourth-order valence-corrected chi connectivity index (χ4v) is 6.57. The van der Waals surface area contributed by atoms with Gasteiger partial charge in [0.2, 0.25) is 11.7 Å². The number of nitrogens with zero attached hydrogens (tertiary/aromatic N) is 3. The van der Waals surface area contributed by atoms with Crippen LogP contribution >= 0.6 is 0 Å². The van der Waals surface area contributed by atoms with Crippen LogP contribution < -0.4 is 10.6 Å². The van der Waals surface area contributed by atoms with Crippen molar-refractivity contribution in [2.75, 3.05) is 24.3 Å². The number of aryl methyl sites for hydroxylation is 3. The van der Waals surface area contributed by atoms with Gasteiger partial charge in [0.05, 0.1) is 30.6 Å². The molecule has 3 aromatic heterocycles. The zero-order valence-electron chi connectivity index (χ0n) is 24.5.